The Morgan fingerprint density at radius 3 is 2.76 bits per heavy atom. The van der Waals surface area contributed by atoms with Gasteiger partial charge in [0, 0.05) is 23.7 Å². The lowest BCUT2D eigenvalue weighted by Crippen LogP contribution is -2.42. The summed E-state index contributed by atoms with van der Waals surface area (Å²) in [4.78, 5) is 2.39. The number of rotatable bonds is 2. The first kappa shape index (κ1) is 13.0. The molecule has 1 heterocycles. The summed E-state index contributed by atoms with van der Waals surface area (Å²) in [6.07, 6.45) is 2.30. The van der Waals surface area contributed by atoms with E-state index in [0.29, 0.717) is 22.1 Å². The van der Waals surface area contributed by atoms with Crippen molar-refractivity contribution >= 4 is 28.9 Å². The molecule has 1 aromatic rings. The van der Waals surface area contributed by atoms with Crippen LogP contribution in [-0.4, -0.2) is 30.6 Å². The first-order chi connectivity index (χ1) is 8.06. The maximum Gasteiger partial charge on any atom is 0.0652 e. The molecule has 17 heavy (non-hydrogen) atoms. The van der Waals surface area contributed by atoms with E-state index in [0.717, 1.165) is 25.1 Å². The second-order valence-corrected chi connectivity index (χ2v) is 5.66. The van der Waals surface area contributed by atoms with Crippen LogP contribution in [0.3, 0.4) is 0 Å². The summed E-state index contributed by atoms with van der Waals surface area (Å²) >= 11 is 12.0. The lowest BCUT2D eigenvalue weighted by Gasteiger charge is -2.35. The minimum Gasteiger partial charge on any atom is -0.381 e. The SMILES string of the molecule is CC1CC(Nc2ccc(Cl)cc2Cl)CCN1C. The molecule has 1 aromatic carbocycles. The highest BCUT2D eigenvalue weighted by atomic mass is 35.5. The van der Waals surface area contributed by atoms with E-state index in [1.54, 1.807) is 6.07 Å². The molecule has 4 heteroatoms. The first-order valence-electron chi connectivity index (χ1n) is 5.98. The van der Waals surface area contributed by atoms with Crippen molar-refractivity contribution in [3.8, 4) is 0 Å². The number of anilines is 1. The third-order valence-corrected chi connectivity index (χ3v) is 4.05. The van der Waals surface area contributed by atoms with Gasteiger partial charge in [-0.15, -0.1) is 0 Å². The summed E-state index contributed by atoms with van der Waals surface area (Å²) in [5, 5.41) is 4.89. The maximum absolute atomic E-state index is 6.16. The summed E-state index contributed by atoms with van der Waals surface area (Å²) in [7, 11) is 2.18. The van der Waals surface area contributed by atoms with E-state index in [4.69, 9.17) is 23.2 Å². The fourth-order valence-electron chi connectivity index (χ4n) is 2.25. The number of benzene rings is 1. The number of nitrogens with zero attached hydrogens (tertiary/aromatic N) is 1. The third kappa shape index (κ3) is 3.27. The Kier molecular flexibility index (Phi) is 4.18. The molecule has 1 saturated heterocycles. The molecule has 94 valence electrons. The Balaban J connectivity index is 2.01. The standard InChI is InChI=1S/C13H18Cl2N2/c1-9-7-11(5-6-17(9)2)16-13-4-3-10(14)8-12(13)15/h3-4,8-9,11,16H,5-7H2,1-2H3. The van der Waals surface area contributed by atoms with E-state index in [-0.39, 0.29) is 0 Å². The zero-order valence-electron chi connectivity index (χ0n) is 10.2. The molecular formula is C13H18Cl2N2. The minimum atomic E-state index is 0.500. The van der Waals surface area contributed by atoms with E-state index in [9.17, 15) is 0 Å². The molecule has 0 bridgehead atoms. The summed E-state index contributed by atoms with van der Waals surface area (Å²) in [5.74, 6) is 0. The van der Waals surface area contributed by atoms with Crippen LogP contribution in [0.1, 0.15) is 19.8 Å². The van der Waals surface area contributed by atoms with E-state index in [1.807, 2.05) is 12.1 Å². The molecule has 0 radical (unpaired) electrons. The topological polar surface area (TPSA) is 15.3 Å². The van der Waals surface area contributed by atoms with Crippen LogP contribution in [0.4, 0.5) is 5.69 Å². The molecule has 1 fully saturated rings. The van der Waals surface area contributed by atoms with Crippen LogP contribution in [0, 0.1) is 0 Å². The molecule has 2 nitrogen and oxygen atoms in total. The van der Waals surface area contributed by atoms with Gasteiger partial charge in [0.05, 0.1) is 10.7 Å². The van der Waals surface area contributed by atoms with Crippen molar-refractivity contribution in [3.05, 3.63) is 28.2 Å². The summed E-state index contributed by atoms with van der Waals surface area (Å²) in [6.45, 7) is 3.39. The van der Waals surface area contributed by atoms with Gasteiger partial charge in [-0.1, -0.05) is 23.2 Å². The van der Waals surface area contributed by atoms with Crippen molar-refractivity contribution in [2.45, 2.75) is 31.8 Å². The van der Waals surface area contributed by atoms with Crippen LogP contribution in [0.25, 0.3) is 0 Å². The number of halogens is 2. The van der Waals surface area contributed by atoms with E-state index < -0.39 is 0 Å². The van der Waals surface area contributed by atoms with Crippen molar-refractivity contribution in [3.63, 3.8) is 0 Å². The van der Waals surface area contributed by atoms with Gasteiger partial charge in [0.1, 0.15) is 0 Å². The van der Waals surface area contributed by atoms with Crippen molar-refractivity contribution in [2.75, 3.05) is 18.9 Å². The Bertz CT molecular complexity index is 395. The number of piperidine rings is 1. The van der Waals surface area contributed by atoms with Crippen molar-refractivity contribution in [2.24, 2.45) is 0 Å². The fourth-order valence-corrected chi connectivity index (χ4v) is 2.71. The molecule has 1 N–H and O–H groups in total. The van der Waals surface area contributed by atoms with Crippen LogP contribution in [0.15, 0.2) is 18.2 Å². The van der Waals surface area contributed by atoms with E-state index in [1.165, 1.54) is 0 Å². The molecule has 2 atom stereocenters. The smallest absolute Gasteiger partial charge is 0.0652 e. The second-order valence-electron chi connectivity index (χ2n) is 4.82. The Labute approximate surface area is 113 Å². The van der Waals surface area contributed by atoms with Crippen molar-refractivity contribution in [1.29, 1.82) is 0 Å². The van der Waals surface area contributed by atoms with E-state index >= 15 is 0 Å². The molecule has 0 aromatic heterocycles. The highest BCUT2D eigenvalue weighted by Gasteiger charge is 2.22. The van der Waals surface area contributed by atoms with Gasteiger partial charge in [0.15, 0.2) is 0 Å². The van der Waals surface area contributed by atoms with Gasteiger partial charge in [-0.25, -0.2) is 0 Å². The number of nitrogens with one attached hydrogen (secondary N) is 1. The average molecular weight is 273 g/mol. The molecule has 0 amide bonds. The predicted octanol–water partition coefficient (Wildman–Crippen LogP) is 3.89. The van der Waals surface area contributed by atoms with Crippen LogP contribution in [-0.2, 0) is 0 Å². The first-order valence-corrected chi connectivity index (χ1v) is 6.73. The normalized spacial score (nSPS) is 25.9. The highest BCUT2D eigenvalue weighted by Crippen LogP contribution is 2.28. The second kappa shape index (κ2) is 5.47. The highest BCUT2D eigenvalue weighted by molar-refractivity contribution is 6.36. The van der Waals surface area contributed by atoms with Gasteiger partial charge >= 0.3 is 0 Å². The molecule has 1 aliphatic rings. The number of likely N-dealkylation sites (tertiary alicyclic amines) is 1. The zero-order valence-corrected chi connectivity index (χ0v) is 11.7. The summed E-state index contributed by atoms with van der Waals surface area (Å²) in [5.41, 5.74) is 0.984. The van der Waals surface area contributed by atoms with Gasteiger partial charge in [-0.05, 0) is 45.0 Å². The molecule has 2 rings (SSSR count). The van der Waals surface area contributed by atoms with Gasteiger partial charge in [-0.2, -0.15) is 0 Å². The van der Waals surface area contributed by atoms with Crippen molar-refractivity contribution in [1.82, 2.24) is 4.90 Å². The van der Waals surface area contributed by atoms with Crippen LogP contribution >= 0.6 is 23.2 Å². The number of hydrogen-bond acceptors (Lipinski definition) is 2. The Morgan fingerprint density at radius 1 is 1.35 bits per heavy atom. The quantitative estimate of drug-likeness (QED) is 0.879. The van der Waals surface area contributed by atoms with Gasteiger partial charge < -0.3 is 10.2 Å². The Hall–Kier alpha value is -0.440. The average Bonchev–Trinajstić information content (AvgIpc) is 2.27. The van der Waals surface area contributed by atoms with Crippen molar-refractivity contribution < 1.29 is 0 Å². The zero-order chi connectivity index (χ0) is 12.4. The van der Waals surface area contributed by atoms with Gasteiger partial charge in [0.2, 0.25) is 0 Å². The molecule has 0 saturated carbocycles. The fraction of sp³-hybridized carbons (Fsp3) is 0.538. The molecule has 0 aliphatic carbocycles. The van der Waals surface area contributed by atoms with Crippen LogP contribution < -0.4 is 5.32 Å². The maximum atomic E-state index is 6.16. The van der Waals surface area contributed by atoms with Crippen LogP contribution in [0.5, 0.6) is 0 Å². The molecule has 0 spiro atoms. The monoisotopic (exact) mass is 272 g/mol. The summed E-state index contributed by atoms with van der Waals surface area (Å²) < 4.78 is 0. The Morgan fingerprint density at radius 2 is 2.12 bits per heavy atom. The molecular weight excluding hydrogens is 255 g/mol. The van der Waals surface area contributed by atoms with Crippen LogP contribution in [0.2, 0.25) is 10.0 Å². The van der Waals surface area contributed by atoms with Gasteiger partial charge in [-0.3, -0.25) is 0 Å². The molecule has 2 unspecified atom stereocenters. The molecule has 1 aliphatic heterocycles. The lowest BCUT2D eigenvalue weighted by atomic mass is 9.99. The lowest BCUT2D eigenvalue weighted by molar-refractivity contribution is 0.190. The van der Waals surface area contributed by atoms with E-state index in [2.05, 4.69) is 24.2 Å². The largest absolute Gasteiger partial charge is 0.381 e. The summed E-state index contributed by atoms with van der Waals surface area (Å²) in [6, 6.07) is 6.72. The minimum absolute atomic E-state index is 0.500. The van der Waals surface area contributed by atoms with Gasteiger partial charge in [0.25, 0.3) is 0 Å². The number of hydrogen-bond donors (Lipinski definition) is 1. The third-order valence-electron chi connectivity index (χ3n) is 3.50. The predicted molar refractivity (Wildman–Crippen MR) is 75.2 cm³/mol.